The molecule has 1 aliphatic heterocycles. The van der Waals surface area contributed by atoms with Crippen molar-refractivity contribution >= 4 is 33.8 Å². The lowest BCUT2D eigenvalue weighted by atomic mass is 9.93. The van der Waals surface area contributed by atoms with Crippen LogP contribution >= 0.6 is 15.9 Å². The second-order valence-electron chi connectivity index (χ2n) is 4.90. The Labute approximate surface area is 137 Å². The summed E-state index contributed by atoms with van der Waals surface area (Å²) < 4.78 is 11.6. The molecule has 5 nitrogen and oxygen atoms in total. The Morgan fingerprint density at radius 2 is 2.00 bits per heavy atom. The van der Waals surface area contributed by atoms with Crippen LogP contribution in [0, 0.1) is 5.92 Å². The summed E-state index contributed by atoms with van der Waals surface area (Å²) in [6, 6.07) is 5.77. The molecule has 22 heavy (non-hydrogen) atoms. The third kappa shape index (κ3) is 2.92. The highest BCUT2D eigenvalue weighted by molar-refractivity contribution is 9.11. The molecule has 2 atom stereocenters. The highest BCUT2D eigenvalue weighted by Crippen LogP contribution is 2.31. The number of aliphatic imine (C=N–C) groups is 2. The van der Waals surface area contributed by atoms with Gasteiger partial charge in [0.2, 0.25) is 0 Å². The molecule has 6 heteroatoms. The summed E-state index contributed by atoms with van der Waals surface area (Å²) in [4.78, 5) is 8.77. The minimum atomic E-state index is 0.0847. The Balaban J connectivity index is 1.85. The number of hydrogen-bond acceptors (Lipinski definition) is 5. The lowest BCUT2D eigenvalue weighted by Gasteiger charge is -2.26. The van der Waals surface area contributed by atoms with Gasteiger partial charge >= 0.3 is 0 Å². The predicted molar refractivity (Wildman–Crippen MR) is 92.5 cm³/mol. The van der Waals surface area contributed by atoms with Gasteiger partial charge in [-0.2, -0.15) is 0 Å². The normalized spacial score (nSPS) is 22.5. The molecule has 0 saturated carbocycles. The fourth-order valence-corrected chi connectivity index (χ4v) is 2.89. The summed E-state index contributed by atoms with van der Waals surface area (Å²) in [6.07, 6.45) is 7.78. The van der Waals surface area contributed by atoms with E-state index in [9.17, 15) is 0 Å². The summed E-state index contributed by atoms with van der Waals surface area (Å²) >= 11 is 3.51. The number of halogens is 1. The van der Waals surface area contributed by atoms with Crippen molar-refractivity contribution in [2.24, 2.45) is 15.9 Å². The maximum atomic E-state index is 5.33. The molecule has 3 rings (SSSR count). The first-order valence-corrected chi connectivity index (χ1v) is 7.64. The van der Waals surface area contributed by atoms with Crippen molar-refractivity contribution in [1.82, 2.24) is 0 Å². The lowest BCUT2D eigenvalue weighted by molar-refractivity contribution is 0.355. The molecule has 0 spiro atoms. The van der Waals surface area contributed by atoms with E-state index in [-0.39, 0.29) is 12.0 Å². The van der Waals surface area contributed by atoms with Gasteiger partial charge in [-0.15, -0.1) is 0 Å². The van der Waals surface area contributed by atoms with Gasteiger partial charge in [0.05, 0.1) is 26.2 Å². The van der Waals surface area contributed by atoms with Gasteiger partial charge in [0.25, 0.3) is 0 Å². The van der Waals surface area contributed by atoms with Gasteiger partial charge in [0.1, 0.15) is 12.2 Å². The monoisotopic (exact) mass is 361 g/mol. The highest BCUT2D eigenvalue weighted by atomic mass is 79.9. The first-order chi connectivity index (χ1) is 10.7. The van der Waals surface area contributed by atoms with E-state index in [2.05, 4.69) is 43.4 Å². The summed E-state index contributed by atoms with van der Waals surface area (Å²) in [5, 5.41) is 3.35. The Hall–Kier alpha value is -2.08. The number of rotatable bonds is 3. The number of ether oxygens (including phenoxy) is 2. The van der Waals surface area contributed by atoms with Crippen LogP contribution in [0.25, 0.3) is 0 Å². The zero-order chi connectivity index (χ0) is 15.5. The average Bonchev–Trinajstić information content (AvgIpc) is 2.55. The zero-order valence-electron chi connectivity index (χ0n) is 12.3. The second-order valence-corrected chi connectivity index (χ2v) is 5.82. The predicted octanol–water partition coefficient (Wildman–Crippen LogP) is 3.39. The largest absolute Gasteiger partial charge is 0.493 e. The molecule has 0 amide bonds. The molecule has 0 saturated heterocycles. The van der Waals surface area contributed by atoms with E-state index in [1.807, 2.05) is 24.3 Å². The maximum Gasteiger partial charge on any atom is 0.162 e. The minimum Gasteiger partial charge on any atom is -0.493 e. The minimum absolute atomic E-state index is 0.0847. The standard InChI is InChI=1S/C16H16BrN3O2/c1-21-14-6-4-11(8-15(14)22-2)20-16-12-7-10(17)3-5-13(12)18-9-19-16/h3-9,12-13H,1-2H3,(H,18,19,20). The third-order valence-corrected chi connectivity index (χ3v) is 4.10. The molecule has 1 heterocycles. The van der Waals surface area contributed by atoms with Crippen molar-refractivity contribution in [3.63, 3.8) is 0 Å². The van der Waals surface area contributed by atoms with E-state index in [1.165, 1.54) is 0 Å². The van der Waals surface area contributed by atoms with Crippen LogP contribution in [0.3, 0.4) is 0 Å². The second kappa shape index (κ2) is 6.36. The molecule has 2 unspecified atom stereocenters. The van der Waals surface area contributed by atoms with Gasteiger partial charge < -0.3 is 14.8 Å². The Morgan fingerprint density at radius 3 is 2.77 bits per heavy atom. The van der Waals surface area contributed by atoms with Crippen molar-refractivity contribution in [2.75, 3.05) is 19.5 Å². The van der Waals surface area contributed by atoms with Gasteiger partial charge in [-0.3, -0.25) is 4.99 Å². The molecule has 2 aliphatic rings. The number of nitrogens with zero attached hydrogens (tertiary/aromatic N) is 2. The molecule has 0 radical (unpaired) electrons. The third-order valence-electron chi connectivity index (χ3n) is 3.57. The number of methoxy groups -OCH3 is 2. The molecule has 1 aromatic rings. The number of allylic oxidation sites excluding steroid dienone is 2. The number of anilines is 1. The molecule has 1 aliphatic carbocycles. The van der Waals surface area contributed by atoms with Gasteiger partial charge in [0, 0.05) is 16.2 Å². The van der Waals surface area contributed by atoms with E-state index in [1.54, 1.807) is 20.6 Å². The van der Waals surface area contributed by atoms with Crippen LogP contribution in [-0.4, -0.2) is 32.4 Å². The fourth-order valence-electron chi connectivity index (χ4n) is 2.46. The van der Waals surface area contributed by atoms with Crippen LogP contribution in [-0.2, 0) is 0 Å². The van der Waals surface area contributed by atoms with E-state index in [4.69, 9.17) is 9.47 Å². The molecule has 0 bridgehead atoms. The van der Waals surface area contributed by atoms with Gasteiger partial charge in [-0.05, 0) is 12.1 Å². The van der Waals surface area contributed by atoms with Crippen molar-refractivity contribution < 1.29 is 9.47 Å². The first kappa shape index (κ1) is 14.8. The fraction of sp³-hybridized carbons (Fsp3) is 0.250. The van der Waals surface area contributed by atoms with Crippen LogP contribution < -0.4 is 14.8 Å². The molecule has 114 valence electrons. The van der Waals surface area contributed by atoms with Crippen molar-refractivity contribution in [1.29, 1.82) is 0 Å². The molecule has 1 aromatic carbocycles. The summed E-state index contributed by atoms with van der Waals surface area (Å²) in [6.45, 7) is 0. The van der Waals surface area contributed by atoms with Crippen LogP contribution in [0.15, 0.2) is 50.9 Å². The number of amidine groups is 1. The summed E-state index contributed by atoms with van der Waals surface area (Å²) in [7, 11) is 3.24. The average molecular weight is 362 g/mol. The van der Waals surface area contributed by atoms with E-state index in [0.717, 1.165) is 16.0 Å². The van der Waals surface area contributed by atoms with Crippen molar-refractivity contribution in [3.05, 3.63) is 40.9 Å². The SMILES string of the molecule is COc1ccc(NC2=NC=NC3C=CC(Br)=CC23)cc1OC. The van der Waals surface area contributed by atoms with Crippen LogP contribution in [0.2, 0.25) is 0 Å². The Morgan fingerprint density at radius 1 is 1.18 bits per heavy atom. The van der Waals surface area contributed by atoms with Crippen molar-refractivity contribution in [3.8, 4) is 11.5 Å². The summed E-state index contributed by atoms with van der Waals surface area (Å²) in [5.41, 5.74) is 0.893. The van der Waals surface area contributed by atoms with Gasteiger partial charge in [-0.25, -0.2) is 4.99 Å². The molecule has 1 N–H and O–H groups in total. The number of hydrogen-bond donors (Lipinski definition) is 1. The molecular weight excluding hydrogens is 346 g/mol. The van der Waals surface area contributed by atoms with Crippen LogP contribution in [0.5, 0.6) is 11.5 Å². The van der Waals surface area contributed by atoms with Crippen LogP contribution in [0.4, 0.5) is 5.69 Å². The van der Waals surface area contributed by atoms with Gasteiger partial charge in [0.15, 0.2) is 11.5 Å². The molecule has 0 fully saturated rings. The molecule has 0 aromatic heterocycles. The molecular formula is C16H16BrN3O2. The Kier molecular flexibility index (Phi) is 4.29. The number of benzene rings is 1. The smallest absolute Gasteiger partial charge is 0.162 e. The number of fused-ring (bicyclic) bond motifs is 1. The highest BCUT2D eigenvalue weighted by Gasteiger charge is 2.27. The van der Waals surface area contributed by atoms with E-state index >= 15 is 0 Å². The maximum absolute atomic E-state index is 5.33. The Bertz CT molecular complexity index is 695. The van der Waals surface area contributed by atoms with Crippen LogP contribution in [0.1, 0.15) is 0 Å². The van der Waals surface area contributed by atoms with E-state index < -0.39 is 0 Å². The van der Waals surface area contributed by atoms with Crippen molar-refractivity contribution in [2.45, 2.75) is 6.04 Å². The zero-order valence-corrected chi connectivity index (χ0v) is 13.9. The van der Waals surface area contributed by atoms with Gasteiger partial charge in [-0.1, -0.05) is 34.2 Å². The topological polar surface area (TPSA) is 55.2 Å². The number of nitrogens with one attached hydrogen (secondary N) is 1. The summed E-state index contributed by atoms with van der Waals surface area (Å²) in [5.74, 6) is 2.32. The van der Waals surface area contributed by atoms with E-state index in [0.29, 0.717) is 11.5 Å². The lowest BCUT2D eigenvalue weighted by Crippen LogP contribution is -2.33. The first-order valence-electron chi connectivity index (χ1n) is 6.85. The quantitative estimate of drug-likeness (QED) is 0.897.